The third-order valence-electron chi connectivity index (χ3n) is 3.04. The fourth-order valence-electron chi connectivity index (χ4n) is 2.19. The van der Waals surface area contributed by atoms with Crippen LogP contribution in [0.1, 0.15) is 37.2 Å². The Morgan fingerprint density at radius 2 is 2.19 bits per heavy atom. The highest BCUT2D eigenvalue weighted by Crippen LogP contribution is 2.22. The maximum atomic E-state index is 4.36. The molecule has 1 aromatic heterocycles. The van der Waals surface area contributed by atoms with Crippen molar-refractivity contribution >= 4 is 0 Å². The zero-order valence-corrected chi connectivity index (χ0v) is 10.3. The molecule has 0 saturated heterocycles. The summed E-state index contributed by atoms with van der Waals surface area (Å²) in [6.07, 6.45) is 3.66. The van der Waals surface area contributed by atoms with Gasteiger partial charge in [0.05, 0.1) is 5.69 Å². The third-order valence-corrected chi connectivity index (χ3v) is 3.04. The van der Waals surface area contributed by atoms with Crippen molar-refractivity contribution in [1.29, 1.82) is 0 Å². The molecule has 2 rings (SSSR count). The molecule has 1 heterocycles. The van der Waals surface area contributed by atoms with Gasteiger partial charge >= 0.3 is 0 Å². The molecule has 90 valence electrons. The normalized spacial score (nSPS) is 14.7. The summed E-state index contributed by atoms with van der Waals surface area (Å²) in [5, 5.41) is 14.3. The maximum absolute atomic E-state index is 4.36. The van der Waals surface area contributed by atoms with Crippen LogP contribution in [0.3, 0.4) is 0 Å². The lowest BCUT2D eigenvalue weighted by Crippen LogP contribution is -2.31. The standard InChI is InChI=1S/C12H22N4/c1-9(2)14-7-6-13-8-12-10-4-3-5-11(10)15-16-12/h9,13-14H,3-8H2,1-2H3,(H,15,16). The summed E-state index contributed by atoms with van der Waals surface area (Å²) in [7, 11) is 0. The largest absolute Gasteiger partial charge is 0.313 e. The van der Waals surface area contributed by atoms with Crippen molar-refractivity contribution in [2.24, 2.45) is 0 Å². The summed E-state index contributed by atoms with van der Waals surface area (Å²) in [5.74, 6) is 0. The van der Waals surface area contributed by atoms with E-state index in [4.69, 9.17) is 0 Å². The first-order valence-corrected chi connectivity index (χ1v) is 6.26. The van der Waals surface area contributed by atoms with Gasteiger partial charge in [0.15, 0.2) is 0 Å². The van der Waals surface area contributed by atoms with Gasteiger partial charge in [-0.15, -0.1) is 0 Å². The smallest absolute Gasteiger partial charge is 0.0794 e. The van der Waals surface area contributed by atoms with Crippen molar-refractivity contribution in [1.82, 2.24) is 20.8 Å². The number of nitrogens with zero attached hydrogens (tertiary/aromatic N) is 1. The van der Waals surface area contributed by atoms with E-state index in [9.17, 15) is 0 Å². The number of aromatic nitrogens is 2. The number of fused-ring (bicyclic) bond motifs is 1. The van der Waals surface area contributed by atoms with Crippen LogP contribution in [0.25, 0.3) is 0 Å². The number of hydrogen-bond acceptors (Lipinski definition) is 3. The van der Waals surface area contributed by atoms with E-state index in [1.807, 2.05) is 0 Å². The molecule has 0 aromatic carbocycles. The maximum Gasteiger partial charge on any atom is 0.0794 e. The number of aromatic amines is 1. The topological polar surface area (TPSA) is 52.7 Å². The first kappa shape index (κ1) is 11.6. The summed E-state index contributed by atoms with van der Waals surface area (Å²) in [6.45, 7) is 7.25. The van der Waals surface area contributed by atoms with E-state index >= 15 is 0 Å². The molecule has 0 unspecified atom stereocenters. The lowest BCUT2D eigenvalue weighted by atomic mass is 10.2. The molecule has 0 saturated carbocycles. The summed E-state index contributed by atoms with van der Waals surface area (Å²) in [6, 6.07) is 0.566. The molecule has 16 heavy (non-hydrogen) atoms. The Hall–Kier alpha value is -0.870. The van der Waals surface area contributed by atoms with E-state index in [2.05, 4.69) is 34.7 Å². The second kappa shape index (κ2) is 5.46. The Morgan fingerprint density at radius 3 is 3.00 bits per heavy atom. The minimum atomic E-state index is 0.566. The van der Waals surface area contributed by atoms with Crippen LogP contribution in [-0.4, -0.2) is 29.3 Å². The zero-order chi connectivity index (χ0) is 11.4. The molecule has 0 bridgehead atoms. The lowest BCUT2D eigenvalue weighted by Gasteiger charge is -2.08. The summed E-state index contributed by atoms with van der Waals surface area (Å²) in [4.78, 5) is 0. The quantitative estimate of drug-likeness (QED) is 0.629. The molecule has 4 heteroatoms. The van der Waals surface area contributed by atoms with E-state index in [1.54, 1.807) is 0 Å². The lowest BCUT2D eigenvalue weighted by molar-refractivity contribution is 0.552. The minimum absolute atomic E-state index is 0.566. The predicted octanol–water partition coefficient (Wildman–Crippen LogP) is 0.986. The fraction of sp³-hybridized carbons (Fsp3) is 0.750. The number of nitrogens with one attached hydrogen (secondary N) is 3. The van der Waals surface area contributed by atoms with Crippen molar-refractivity contribution in [3.05, 3.63) is 17.0 Å². The molecule has 3 N–H and O–H groups in total. The highest BCUT2D eigenvalue weighted by molar-refractivity contribution is 5.29. The van der Waals surface area contributed by atoms with Crippen LogP contribution >= 0.6 is 0 Å². The van der Waals surface area contributed by atoms with E-state index in [0.717, 1.165) is 19.6 Å². The summed E-state index contributed by atoms with van der Waals surface area (Å²) >= 11 is 0. The van der Waals surface area contributed by atoms with Gasteiger partial charge in [-0.2, -0.15) is 5.10 Å². The van der Waals surface area contributed by atoms with Crippen LogP contribution in [0.2, 0.25) is 0 Å². The molecular weight excluding hydrogens is 200 g/mol. The highest BCUT2D eigenvalue weighted by atomic mass is 15.1. The van der Waals surface area contributed by atoms with Gasteiger partial charge < -0.3 is 10.6 Å². The molecule has 1 aliphatic rings. The van der Waals surface area contributed by atoms with Crippen molar-refractivity contribution in [2.45, 2.75) is 45.7 Å². The summed E-state index contributed by atoms with van der Waals surface area (Å²) < 4.78 is 0. The van der Waals surface area contributed by atoms with Gasteiger partial charge in [0.2, 0.25) is 0 Å². The van der Waals surface area contributed by atoms with E-state index in [1.165, 1.54) is 36.2 Å². The van der Waals surface area contributed by atoms with Crippen molar-refractivity contribution in [3.63, 3.8) is 0 Å². The van der Waals surface area contributed by atoms with Gasteiger partial charge in [-0.3, -0.25) is 5.10 Å². The van der Waals surface area contributed by atoms with E-state index < -0.39 is 0 Å². The zero-order valence-electron chi connectivity index (χ0n) is 10.3. The number of hydrogen-bond donors (Lipinski definition) is 3. The van der Waals surface area contributed by atoms with Gasteiger partial charge in [0.25, 0.3) is 0 Å². The molecule has 0 atom stereocenters. The van der Waals surface area contributed by atoms with Gasteiger partial charge in [-0.05, 0) is 24.8 Å². The number of H-pyrrole nitrogens is 1. The first-order chi connectivity index (χ1) is 7.77. The van der Waals surface area contributed by atoms with Crippen molar-refractivity contribution in [3.8, 4) is 0 Å². The van der Waals surface area contributed by atoms with Crippen LogP contribution in [0, 0.1) is 0 Å². The van der Waals surface area contributed by atoms with Crippen LogP contribution in [0.15, 0.2) is 0 Å². The predicted molar refractivity (Wildman–Crippen MR) is 65.5 cm³/mol. The fourth-order valence-corrected chi connectivity index (χ4v) is 2.19. The minimum Gasteiger partial charge on any atom is -0.313 e. The van der Waals surface area contributed by atoms with Crippen molar-refractivity contribution in [2.75, 3.05) is 13.1 Å². The molecule has 0 radical (unpaired) electrons. The van der Waals surface area contributed by atoms with Gasteiger partial charge in [0.1, 0.15) is 0 Å². The third kappa shape index (κ3) is 2.83. The summed E-state index contributed by atoms with van der Waals surface area (Å²) in [5.41, 5.74) is 4.04. The number of rotatable bonds is 6. The second-order valence-electron chi connectivity index (χ2n) is 4.77. The van der Waals surface area contributed by atoms with Gasteiger partial charge in [0, 0.05) is 31.4 Å². The van der Waals surface area contributed by atoms with Crippen LogP contribution < -0.4 is 10.6 Å². The Balaban J connectivity index is 1.69. The highest BCUT2D eigenvalue weighted by Gasteiger charge is 2.17. The average Bonchev–Trinajstić information content (AvgIpc) is 2.80. The van der Waals surface area contributed by atoms with Crippen LogP contribution in [0.4, 0.5) is 0 Å². The van der Waals surface area contributed by atoms with Gasteiger partial charge in [-0.1, -0.05) is 13.8 Å². The Bertz CT molecular complexity index is 330. The Labute approximate surface area is 97.2 Å². The van der Waals surface area contributed by atoms with Crippen LogP contribution in [0.5, 0.6) is 0 Å². The molecule has 0 amide bonds. The second-order valence-corrected chi connectivity index (χ2v) is 4.77. The molecule has 0 fully saturated rings. The Morgan fingerprint density at radius 1 is 1.31 bits per heavy atom. The molecule has 1 aromatic rings. The van der Waals surface area contributed by atoms with Gasteiger partial charge in [-0.25, -0.2) is 0 Å². The first-order valence-electron chi connectivity index (χ1n) is 6.26. The number of aryl methyl sites for hydroxylation is 1. The van der Waals surface area contributed by atoms with Crippen LogP contribution in [-0.2, 0) is 19.4 Å². The van der Waals surface area contributed by atoms with Crippen molar-refractivity contribution < 1.29 is 0 Å². The molecule has 0 spiro atoms. The average molecular weight is 222 g/mol. The Kier molecular flexibility index (Phi) is 3.96. The molecule has 0 aliphatic heterocycles. The molecule has 4 nitrogen and oxygen atoms in total. The SMILES string of the molecule is CC(C)NCCNCc1n[nH]c2c1CCC2. The molecule has 1 aliphatic carbocycles. The van der Waals surface area contributed by atoms with E-state index in [0.29, 0.717) is 6.04 Å². The van der Waals surface area contributed by atoms with E-state index in [-0.39, 0.29) is 0 Å². The molecular formula is C12H22N4. The monoisotopic (exact) mass is 222 g/mol.